The maximum absolute atomic E-state index is 7.05. The van der Waals surface area contributed by atoms with Crippen LogP contribution in [0.3, 0.4) is 0 Å². The molecule has 0 aliphatic carbocycles. The van der Waals surface area contributed by atoms with Crippen LogP contribution in [0.4, 0.5) is 22.7 Å². The highest BCUT2D eigenvalue weighted by Gasteiger charge is 2.26. The van der Waals surface area contributed by atoms with E-state index in [1.807, 2.05) is 97.1 Å². The van der Waals surface area contributed by atoms with E-state index in [2.05, 4.69) is 119 Å². The van der Waals surface area contributed by atoms with Crippen molar-refractivity contribution in [3.05, 3.63) is 238 Å². The smallest absolute Gasteiger partial charge is 0.324 e. The van der Waals surface area contributed by atoms with Gasteiger partial charge in [0.05, 0.1) is 52.7 Å². The van der Waals surface area contributed by atoms with E-state index in [1.54, 1.807) is 47.0 Å². The van der Waals surface area contributed by atoms with Crippen molar-refractivity contribution in [3.63, 3.8) is 0 Å². The number of rotatable bonds is 8. The van der Waals surface area contributed by atoms with Gasteiger partial charge in [-0.1, -0.05) is 203 Å². The fourth-order valence-electron chi connectivity index (χ4n) is 8.80. The third-order valence-electron chi connectivity index (χ3n) is 12.9. The molecule has 8 aromatic rings. The summed E-state index contributed by atoms with van der Waals surface area (Å²) in [4.78, 5) is 23.0. The van der Waals surface area contributed by atoms with E-state index in [-0.39, 0.29) is 35.1 Å². The molecule has 4 aliphatic heterocycles. The third kappa shape index (κ3) is 14.8. The third-order valence-corrected chi connectivity index (χ3v) is 16.9. The van der Waals surface area contributed by atoms with Gasteiger partial charge in [-0.25, -0.2) is 19.4 Å². The lowest BCUT2D eigenvalue weighted by atomic mass is 9.64. The molecular formula is C61H52B4N4O4S4. The highest BCUT2D eigenvalue weighted by atomic mass is 32.2. The predicted octanol–water partition coefficient (Wildman–Crippen LogP) is 15.6. The number of benzene rings is 8. The molecule has 376 valence electrons. The molecule has 0 fully saturated rings. The number of hydrogen-bond donors (Lipinski definition) is 0. The molecular weight excluding hydrogens is 1020 g/mol. The molecule has 0 unspecified atom stereocenters. The Labute approximate surface area is 472 Å². The summed E-state index contributed by atoms with van der Waals surface area (Å²) >= 11 is 6.80. The van der Waals surface area contributed by atoms with Crippen molar-refractivity contribution < 1.29 is 18.6 Å². The Morgan fingerprint density at radius 2 is 0.610 bits per heavy atom. The zero-order valence-electron chi connectivity index (χ0n) is 42.4. The lowest BCUT2D eigenvalue weighted by Crippen LogP contribution is -2.24. The summed E-state index contributed by atoms with van der Waals surface area (Å²) in [6.45, 7) is 40.0. The van der Waals surface area contributed by atoms with E-state index in [4.69, 9.17) is 44.9 Å². The van der Waals surface area contributed by atoms with E-state index in [0.29, 0.717) is 42.6 Å². The summed E-state index contributed by atoms with van der Waals surface area (Å²) in [5.74, 6) is 0. The highest BCUT2D eigenvalue weighted by Crippen LogP contribution is 2.34. The van der Waals surface area contributed by atoms with Crippen molar-refractivity contribution in [2.75, 3.05) is 0 Å². The summed E-state index contributed by atoms with van der Waals surface area (Å²) in [5, 5.41) is 0. The van der Waals surface area contributed by atoms with Gasteiger partial charge < -0.3 is 18.6 Å². The second-order valence-electron chi connectivity index (χ2n) is 18.1. The number of nitrogens with zero attached hydrogens (tertiary/aromatic N) is 4. The highest BCUT2D eigenvalue weighted by molar-refractivity contribution is 8.00. The van der Waals surface area contributed by atoms with E-state index >= 15 is 0 Å². The Morgan fingerprint density at radius 1 is 0.312 bits per heavy atom. The summed E-state index contributed by atoms with van der Waals surface area (Å²) in [6, 6.07) is 56.7. The second-order valence-corrected chi connectivity index (χ2v) is 22.7. The molecule has 77 heavy (non-hydrogen) atoms. The first-order valence-corrected chi connectivity index (χ1v) is 27.9. The van der Waals surface area contributed by atoms with Crippen molar-refractivity contribution in [2.24, 2.45) is 0 Å². The van der Waals surface area contributed by atoms with Crippen LogP contribution in [-0.2, 0) is 45.0 Å². The Bertz CT molecular complexity index is 3560. The van der Waals surface area contributed by atoms with Crippen molar-refractivity contribution in [1.29, 1.82) is 0 Å². The first-order valence-electron chi connectivity index (χ1n) is 24.6. The van der Waals surface area contributed by atoms with Crippen LogP contribution in [0.5, 0.6) is 0 Å². The molecule has 0 aromatic heterocycles. The molecule has 0 spiro atoms. The largest absolute Gasteiger partial charge is 0.427 e. The second kappa shape index (κ2) is 27.0. The summed E-state index contributed by atoms with van der Waals surface area (Å²) in [5.41, 5.74) is 13.0. The van der Waals surface area contributed by atoms with Gasteiger partial charge in [0, 0.05) is 39.2 Å². The van der Waals surface area contributed by atoms with Crippen molar-refractivity contribution in [3.8, 4) is 0 Å². The van der Waals surface area contributed by atoms with Gasteiger partial charge in [0.15, 0.2) is 22.7 Å². The molecule has 0 amide bonds. The van der Waals surface area contributed by atoms with Crippen LogP contribution < -0.4 is 21.9 Å². The first kappa shape index (κ1) is 56.4. The lowest BCUT2D eigenvalue weighted by Gasteiger charge is -2.05. The molecule has 16 heteroatoms. The minimum atomic E-state index is 0. The molecule has 8 aromatic carbocycles. The van der Waals surface area contributed by atoms with Gasteiger partial charge in [-0.15, -0.1) is 0 Å². The van der Waals surface area contributed by atoms with Crippen LogP contribution >= 0.6 is 47.0 Å². The Kier molecular flexibility index (Phi) is 19.8. The standard InChI is InChI=1S/4C15H12BNOS.CH4/c1-16-15-9-14(6-3-11(15)10-18-16)19-13-7-4-12(17-2)5-8-13;1-16-15-8-7-14(9-11(15)10-18-16)19-13-5-3-12(17-2)4-6-13;1-16-15-7-6-14(8-11(15)10-18-16)19-13-5-3-4-12(9-13)17-2;1-16-15-9-14(7-6-11(15)10-18-16)19-13-5-3-4-12(8-13)17-2;/h4*3-9H,10H2,1H3;1H4. The van der Waals surface area contributed by atoms with Crippen LogP contribution in [0.25, 0.3) is 19.4 Å². The normalized spacial score (nSPS) is 13.0. The van der Waals surface area contributed by atoms with Crippen LogP contribution in [-0.4, -0.2) is 27.7 Å². The van der Waals surface area contributed by atoms with Gasteiger partial charge in [-0.2, -0.15) is 0 Å². The maximum Gasteiger partial charge on any atom is 0.324 e. The van der Waals surface area contributed by atoms with Crippen molar-refractivity contribution in [2.45, 2.75) is 100 Å². The number of hydrogen-bond acceptors (Lipinski definition) is 8. The average Bonchev–Trinajstić information content (AvgIpc) is 4.24. The molecule has 0 saturated heterocycles. The van der Waals surface area contributed by atoms with Gasteiger partial charge in [0.2, 0.25) is 0 Å². The van der Waals surface area contributed by atoms with Crippen molar-refractivity contribution >= 4 is 119 Å². The van der Waals surface area contributed by atoms with Gasteiger partial charge in [-0.05, 0) is 92.6 Å². The van der Waals surface area contributed by atoms with Crippen LogP contribution in [0, 0.1) is 26.3 Å². The number of fused-ring (bicyclic) bond motifs is 4. The minimum absolute atomic E-state index is 0. The van der Waals surface area contributed by atoms with E-state index < -0.39 is 0 Å². The van der Waals surface area contributed by atoms with Crippen LogP contribution in [0.2, 0.25) is 27.3 Å². The van der Waals surface area contributed by atoms with Gasteiger partial charge in [-0.3, -0.25) is 0 Å². The van der Waals surface area contributed by atoms with Gasteiger partial charge in [0.1, 0.15) is 0 Å². The maximum atomic E-state index is 7.05. The molecule has 0 radical (unpaired) electrons. The topological polar surface area (TPSA) is 54.4 Å². The minimum Gasteiger partial charge on any atom is -0.427 e. The monoisotopic (exact) mass is 1080 g/mol. The summed E-state index contributed by atoms with van der Waals surface area (Å²) in [6.07, 6.45) is 0. The van der Waals surface area contributed by atoms with Gasteiger partial charge >= 0.3 is 27.7 Å². The quantitative estimate of drug-likeness (QED) is 0.110. The first-order chi connectivity index (χ1) is 37.0. The fourth-order valence-corrected chi connectivity index (χ4v) is 12.4. The SMILES string of the molecule is C.[C-]#[N+]c1ccc(Sc2ccc3c(c2)B(C)OC3)cc1.[C-]#[N+]c1ccc(Sc2ccc3c(c2)COB3C)cc1.[C-]#[N+]c1cccc(Sc2ccc3c(c2)B(C)OC3)c1.[C-]#[N+]c1cccc(Sc2ccc3c(c2)COB3C)c1. The van der Waals surface area contributed by atoms with Crippen LogP contribution in [0.1, 0.15) is 29.7 Å². The van der Waals surface area contributed by atoms with Crippen molar-refractivity contribution in [1.82, 2.24) is 0 Å². The summed E-state index contributed by atoms with van der Waals surface area (Å²) in [7, 11) is 0. The summed E-state index contributed by atoms with van der Waals surface area (Å²) < 4.78 is 22.5. The molecule has 4 aliphatic rings. The Morgan fingerprint density at radius 3 is 0.987 bits per heavy atom. The van der Waals surface area contributed by atoms with E-state index in [0.717, 1.165) is 26.2 Å². The Hall–Kier alpha value is -6.78. The molecule has 0 saturated carbocycles. The van der Waals surface area contributed by atoms with Crippen LogP contribution in [0.15, 0.2) is 209 Å². The Balaban J connectivity index is 0.000000135. The predicted molar refractivity (Wildman–Crippen MR) is 324 cm³/mol. The zero-order valence-corrected chi connectivity index (χ0v) is 45.6. The zero-order chi connectivity index (χ0) is 53.0. The average molecular weight is 1080 g/mol. The van der Waals surface area contributed by atoms with E-state index in [1.165, 1.54) is 63.7 Å². The molecule has 0 bridgehead atoms. The lowest BCUT2D eigenvalue weighted by molar-refractivity contribution is 0.333. The molecule has 8 nitrogen and oxygen atoms in total. The molecule has 12 rings (SSSR count). The fraction of sp³-hybridized carbons (Fsp3) is 0.148. The molecule has 0 N–H and O–H groups in total. The molecule has 4 heterocycles. The van der Waals surface area contributed by atoms with Gasteiger partial charge in [0.25, 0.3) is 0 Å². The molecule has 0 atom stereocenters. The van der Waals surface area contributed by atoms with E-state index in [9.17, 15) is 0 Å².